The number of carbonyl (C=O) groups excluding carboxylic acids is 2. The molecular weight excluding hydrogens is 376 g/mol. The number of hydrogen-bond donors (Lipinski definition) is 2. The van der Waals surface area contributed by atoms with Gasteiger partial charge in [0.05, 0.1) is 23.5 Å². The molecule has 30 heavy (non-hydrogen) atoms. The van der Waals surface area contributed by atoms with Crippen molar-refractivity contribution in [3.63, 3.8) is 0 Å². The van der Waals surface area contributed by atoms with Gasteiger partial charge in [-0.25, -0.2) is 4.98 Å². The Labute approximate surface area is 175 Å². The summed E-state index contributed by atoms with van der Waals surface area (Å²) < 4.78 is 0. The van der Waals surface area contributed by atoms with Crippen molar-refractivity contribution < 1.29 is 9.59 Å². The lowest BCUT2D eigenvalue weighted by molar-refractivity contribution is -0.132. The normalized spacial score (nSPS) is 18.7. The summed E-state index contributed by atoms with van der Waals surface area (Å²) in [6.07, 6.45) is 4.72. The largest absolute Gasteiger partial charge is 0.342 e. The number of imidazole rings is 1. The summed E-state index contributed by atoms with van der Waals surface area (Å²) in [7, 11) is 0. The van der Waals surface area contributed by atoms with E-state index < -0.39 is 0 Å². The van der Waals surface area contributed by atoms with Crippen molar-refractivity contribution >= 4 is 28.5 Å². The lowest BCUT2D eigenvalue weighted by Gasteiger charge is -2.36. The molecule has 1 saturated carbocycles. The van der Waals surface area contributed by atoms with Gasteiger partial charge in [-0.1, -0.05) is 30.7 Å². The number of aromatic amines is 1. The van der Waals surface area contributed by atoms with Crippen LogP contribution in [0.5, 0.6) is 0 Å². The molecule has 2 aliphatic rings. The number of fused-ring (bicyclic) bond motifs is 2. The van der Waals surface area contributed by atoms with E-state index in [9.17, 15) is 9.59 Å². The van der Waals surface area contributed by atoms with Crippen LogP contribution in [0.25, 0.3) is 11.0 Å². The van der Waals surface area contributed by atoms with Crippen molar-refractivity contribution in [1.29, 1.82) is 0 Å². The average molecular weight is 402 g/mol. The highest BCUT2D eigenvalue weighted by molar-refractivity contribution is 5.93. The van der Waals surface area contributed by atoms with Crippen molar-refractivity contribution in [2.24, 2.45) is 0 Å². The molecule has 2 heterocycles. The van der Waals surface area contributed by atoms with Crippen LogP contribution in [-0.4, -0.2) is 33.2 Å². The van der Waals surface area contributed by atoms with Crippen LogP contribution in [0.2, 0.25) is 0 Å². The van der Waals surface area contributed by atoms with Crippen LogP contribution in [0.15, 0.2) is 42.5 Å². The van der Waals surface area contributed by atoms with E-state index in [1.54, 1.807) is 6.92 Å². The Morgan fingerprint density at radius 1 is 1.20 bits per heavy atom. The zero-order chi connectivity index (χ0) is 20.7. The Balaban J connectivity index is 1.34. The molecule has 0 radical (unpaired) electrons. The molecule has 3 aromatic rings. The Morgan fingerprint density at radius 3 is 2.80 bits per heavy atom. The minimum Gasteiger partial charge on any atom is -0.342 e. The average Bonchev–Trinajstić information content (AvgIpc) is 3.09. The molecule has 6 nitrogen and oxygen atoms in total. The van der Waals surface area contributed by atoms with E-state index in [4.69, 9.17) is 4.98 Å². The van der Waals surface area contributed by atoms with E-state index in [2.05, 4.69) is 16.4 Å². The number of nitrogens with one attached hydrogen (secondary N) is 2. The lowest BCUT2D eigenvalue weighted by Crippen LogP contribution is -2.40. The van der Waals surface area contributed by atoms with Gasteiger partial charge in [0.2, 0.25) is 11.8 Å². The summed E-state index contributed by atoms with van der Waals surface area (Å²) >= 11 is 0. The van der Waals surface area contributed by atoms with Gasteiger partial charge in [0.25, 0.3) is 0 Å². The van der Waals surface area contributed by atoms with Gasteiger partial charge in [0.1, 0.15) is 5.82 Å². The maximum absolute atomic E-state index is 12.9. The first-order valence-corrected chi connectivity index (χ1v) is 10.7. The van der Waals surface area contributed by atoms with Crippen LogP contribution >= 0.6 is 0 Å². The van der Waals surface area contributed by atoms with E-state index in [1.807, 2.05) is 41.3 Å². The molecule has 2 aromatic carbocycles. The standard InChI is InChI=1S/C24H26N4O2/c1-15(29)28-12-11-16-5-2-3-8-19(16)22(28)14-23(30)25-18-9-10-20-21(13-18)27-24(26-20)17-6-4-7-17/h2-3,5,8-10,13,17,22H,4,6-7,11-12,14H2,1H3,(H,25,30)(H,26,27). The van der Waals surface area contributed by atoms with Gasteiger partial charge in [-0.2, -0.15) is 0 Å². The van der Waals surface area contributed by atoms with Gasteiger partial charge in [-0.05, 0) is 48.6 Å². The molecule has 1 aliphatic heterocycles. The van der Waals surface area contributed by atoms with Gasteiger partial charge in [-0.15, -0.1) is 0 Å². The van der Waals surface area contributed by atoms with Crippen molar-refractivity contribution in [2.75, 3.05) is 11.9 Å². The number of benzene rings is 2. The zero-order valence-electron chi connectivity index (χ0n) is 17.1. The summed E-state index contributed by atoms with van der Waals surface area (Å²) in [6, 6.07) is 13.7. The van der Waals surface area contributed by atoms with E-state index in [0.717, 1.165) is 34.5 Å². The maximum Gasteiger partial charge on any atom is 0.226 e. The summed E-state index contributed by atoms with van der Waals surface area (Å²) in [5, 5.41) is 3.01. The highest BCUT2D eigenvalue weighted by atomic mass is 16.2. The quantitative estimate of drug-likeness (QED) is 0.683. The molecular formula is C24H26N4O2. The molecule has 1 unspecified atom stereocenters. The summed E-state index contributed by atoms with van der Waals surface area (Å²) in [4.78, 5) is 35.0. The fraction of sp³-hybridized carbons (Fsp3) is 0.375. The Morgan fingerprint density at radius 2 is 2.03 bits per heavy atom. The molecule has 2 N–H and O–H groups in total. The van der Waals surface area contributed by atoms with Crippen molar-refractivity contribution in [1.82, 2.24) is 14.9 Å². The summed E-state index contributed by atoms with van der Waals surface area (Å²) in [5.74, 6) is 1.50. The monoisotopic (exact) mass is 402 g/mol. The third-order valence-electron chi connectivity index (χ3n) is 6.47. The van der Waals surface area contributed by atoms with E-state index >= 15 is 0 Å². The molecule has 1 fully saturated rings. The fourth-order valence-corrected chi connectivity index (χ4v) is 4.62. The minimum absolute atomic E-state index is 0.00436. The van der Waals surface area contributed by atoms with Crippen LogP contribution < -0.4 is 5.32 Å². The molecule has 2 amide bonds. The minimum atomic E-state index is -0.228. The van der Waals surface area contributed by atoms with Crippen molar-refractivity contribution in [3.05, 3.63) is 59.4 Å². The first kappa shape index (κ1) is 18.9. The fourth-order valence-electron chi connectivity index (χ4n) is 4.62. The molecule has 1 aromatic heterocycles. The smallest absolute Gasteiger partial charge is 0.226 e. The highest BCUT2D eigenvalue weighted by Crippen LogP contribution is 2.36. The number of amides is 2. The molecule has 0 saturated heterocycles. The van der Waals surface area contributed by atoms with Crippen LogP contribution in [-0.2, 0) is 16.0 Å². The van der Waals surface area contributed by atoms with Gasteiger partial charge < -0.3 is 15.2 Å². The molecule has 0 bridgehead atoms. The zero-order valence-corrected chi connectivity index (χ0v) is 17.1. The lowest BCUT2D eigenvalue weighted by atomic mass is 9.85. The second-order valence-electron chi connectivity index (χ2n) is 8.41. The molecule has 154 valence electrons. The summed E-state index contributed by atoms with van der Waals surface area (Å²) in [6.45, 7) is 2.22. The molecule has 1 aliphatic carbocycles. The SMILES string of the molecule is CC(=O)N1CCc2ccccc2C1CC(=O)Nc1ccc2nc(C3CCC3)[nH]c2c1. The second kappa shape index (κ2) is 7.59. The third kappa shape index (κ3) is 3.47. The van der Waals surface area contributed by atoms with Gasteiger partial charge >= 0.3 is 0 Å². The molecule has 6 heteroatoms. The first-order valence-electron chi connectivity index (χ1n) is 10.7. The third-order valence-corrected chi connectivity index (χ3v) is 6.47. The predicted molar refractivity (Wildman–Crippen MR) is 116 cm³/mol. The van der Waals surface area contributed by atoms with E-state index in [-0.39, 0.29) is 24.3 Å². The van der Waals surface area contributed by atoms with Gasteiger partial charge in [0, 0.05) is 25.1 Å². The Hall–Kier alpha value is -3.15. The Bertz CT molecular complexity index is 1120. The van der Waals surface area contributed by atoms with Crippen LogP contribution in [0.4, 0.5) is 5.69 Å². The molecule has 5 rings (SSSR count). The topological polar surface area (TPSA) is 78.1 Å². The van der Waals surface area contributed by atoms with E-state index in [0.29, 0.717) is 12.5 Å². The molecule has 0 spiro atoms. The first-order chi connectivity index (χ1) is 14.6. The second-order valence-corrected chi connectivity index (χ2v) is 8.41. The summed E-state index contributed by atoms with van der Waals surface area (Å²) in [5.41, 5.74) is 4.91. The van der Waals surface area contributed by atoms with Gasteiger partial charge in [0.15, 0.2) is 0 Å². The predicted octanol–water partition coefficient (Wildman–Crippen LogP) is 4.30. The number of carbonyl (C=O) groups is 2. The van der Waals surface area contributed by atoms with Crippen LogP contribution in [0.1, 0.15) is 61.5 Å². The maximum atomic E-state index is 12.9. The highest BCUT2D eigenvalue weighted by Gasteiger charge is 2.30. The number of hydrogen-bond acceptors (Lipinski definition) is 3. The van der Waals surface area contributed by atoms with Gasteiger partial charge in [-0.3, -0.25) is 9.59 Å². The van der Waals surface area contributed by atoms with Crippen LogP contribution in [0, 0.1) is 0 Å². The number of aromatic nitrogens is 2. The van der Waals surface area contributed by atoms with Crippen molar-refractivity contribution in [3.8, 4) is 0 Å². The number of nitrogens with zero attached hydrogens (tertiary/aromatic N) is 2. The molecule has 1 atom stereocenters. The number of anilines is 1. The van der Waals surface area contributed by atoms with Crippen molar-refractivity contribution in [2.45, 2.75) is 51.0 Å². The number of rotatable bonds is 4. The number of H-pyrrole nitrogens is 1. The van der Waals surface area contributed by atoms with E-state index in [1.165, 1.54) is 24.8 Å². The Kier molecular flexibility index (Phi) is 4.77. The van der Waals surface area contributed by atoms with Crippen LogP contribution in [0.3, 0.4) is 0 Å².